The fourth-order valence-electron chi connectivity index (χ4n) is 1.18. The van der Waals surface area contributed by atoms with Gasteiger partial charge >= 0.3 is 0 Å². The van der Waals surface area contributed by atoms with E-state index in [-0.39, 0.29) is 17.8 Å². The smallest absolute Gasteiger partial charge is 0.220 e. The molecule has 1 unspecified atom stereocenters. The summed E-state index contributed by atoms with van der Waals surface area (Å²) in [6.07, 6.45) is 2.13. The molecular formula is C9H14N4O. The zero-order chi connectivity index (χ0) is 10.6. The molecule has 0 saturated carbocycles. The quantitative estimate of drug-likeness (QED) is 0.692. The molecule has 0 spiro atoms. The van der Waals surface area contributed by atoms with Crippen LogP contribution in [0.1, 0.15) is 12.6 Å². The molecule has 0 saturated heterocycles. The van der Waals surface area contributed by atoms with Crippen LogP contribution in [0.4, 0.5) is 5.95 Å². The number of nitrogens with one attached hydrogen (secondary N) is 1. The number of nitrogens with zero attached hydrogens (tertiary/aromatic N) is 2. The first-order valence-electron chi connectivity index (χ1n) is 4.38. The molecule has 1 atom stereocenters. The van der Waals surface area contributed by atoms with E-state index in [0.29, 0.717) is 6.42 Å². The fourth-order valence-corrected chi connectivity index (χ4v) is 1.18. The van der Waals surface area contributed by atoms with Crippen molar-refractivity contribution >= 4 is 11.7 Å². The van der Waals surface area contributed by atoms with Crippen molar-refractivity contribution in [1.82, 2.24) is 15.3 Å². The van der Waals surface area contributed by atoms with E-state index in [4.69, 9.17) is 5.73 Å². The maximum absolute atomic E-state index is 11.1. The number of hydrogen-bond acceptors (Lipinski definition) is 5. The van der Waals surface area contributed by atoms with Crippen LogP contribution in [-0.4, -0.2) is 28.8 Å². The number of hydrogen-bond donors (Lipinski definition) is 2. The van der Waals surface area contributed by atoms with Gasteiger partial charge in [0.05, 0.1) is 6.04 Å². The molecule has 1 aromatic rings. The van der Waals surface area contributed by atoms with Crippen LogP contribution in [0.3, 0.4) is 0 Å². The maximum atomic E-state index is 11.1. The molecule has 0 aromatic carbocycles. The topological polar surface area (TPSA) is 80.9 Å². The van der Waals surface area contributed by atoms with Gasteiger partial charge in [0.25, 0.3) is 0 Å². The van der Waals surface area contributed by atoms with Crippen LogP contribution in [0.2, 0.25) is 0 Å². The molecule has 14 heavy (non-hydrogen) atoms. The van der Waals surface area contributed by atoms with Gasteiger partial charge in [-0.3, -0.25) is 4.79 Å². The van der Waals surface area contributed by atoms with Gasteiger partial charge in [-0.25, -0.2) is 9.97 Å². The van der Waals surface area contributed by atoms with E-state index in [2.05, 4.69) is 15.3 Å². The molecular weight excluding hydrogens is 180 g/mol. The van der Waals surface area contributed by atoms with Crippen LogP contribution in [0, 0.1) is 0 Å². The van der Waals surface area contributed by atoms with E-state index in [1.54, 1.807) is 26.2 Å². The predicted octanol–water partition coefficient (Wildman–Crippen LogP) is -0.222. The van der Waals surface area contributed by atoms with Crippen molar-refractivity contribution in [3.05, 3.63) is 18.0 Å². The molecule has 5 heteroatoms. The van der Waals surface area contributed by atoms with E-state index in [0.717, 1.165) is 5.69 Å². The summed E-state index contributed by atoms with van der Waals surface area (Å²) < 4.78 is 0. The minimum Gasteiger partial charge on any atom is -0.368 e. The van der Waals surface area contributed by atoms with Crippen molar-refractivity contribution in [2.24, 2.45) is 0 Å². The van der Waals surface area contributed by atoms with Crippen LogP contribution in [-0.2, 0) is 11.2 Å². The second-order valence-electron chi connectivity index (χ2n) is 3.06. The van der Waals surface area contributed by atoms with E-state index in [9.17, 15) is 4.79 Å². The number of rotatable bonds is 4. The number of ketones is 1. The third-order valence-corrected chi connectivity index (χ3v) is 1.98. The highest BCUT2D eigenvalue weighted by Crippen LogP contribution is 2.01. The molecule has 0 aliphatic rings. The standard InChI is InChI=1S/C9H14N4O/c1-6(14)8(11-2)5-7-3-4-12-9(10)13-7/h3-4,8,11H,5H2,1-2H3,(H2,10,12,13). The summed E-state index contributed by atoms with van der Waals surface area (Å²) in [4.78, 5) is 18.9. The van der Waals surface area contributed by atoms with E-state index >= 15 is 0 Å². The summed E-state index contributed by atoms with van der Waals surface area (Å²) in [6.45, 7) is 1.55. The predicted molar refractivity (Wildman–Crippen MR) is 53.7 cm³/mol. The molecule has 5 nitrogen and oxygen atoms in total. The molecule has 0 fully saturated rings. The number of carbonyl (C=O) groups excluding carboxylic acids is 1. The Morgan fingerprint density at radius 2 is 2.43 bits per heavy atom. The third-order valence-electron chi connectivity index (χ3n) is 1.98. The average molecular weight is 194 g/mol. The monoisotopic (exact) mass is 194 g/mol. The highest BCUT2D eigenvalue weighted by atomic mass is 16.1. The van der Waals surface area contributed by atoms with Crippen molar-refractivity contribution in [2.75, 3.05) is 12.8 Å². The van der Waals surface area contributed by atoms with Gasteiger partial charge in [-0.2, -0.15) is 0 Å². The van der Waals surface area contributed by atoms with Crippen molar-refractivity contribution < 1.29 is 4.79 Å². The zero-order valence-corrected chi connectivity index (χ0v) is 8.32. The first-order chi connectivity index (χ1) is 6.63. The fraction of sp³-hybridized carbons (Fsp3) is 0.444. The lowest BCUT2D eigenvalue weighted by Crippen LogP contribution is -2.34. The van der Waals surface area contributed by atoms with Crippen LogP contribution in [0.5, 0.6) is 0 Å². The first kappa shape index (κ1) is 10.6. The highest BCUT2D eigenvalue weighted by Gasteiger charge is 2.12. The Labute approximate surface area is 82.7 Å². The molecule has 1 heterocycles. The van der Waals surface area contributed by atoms with E-state index in [1.807, 2.05) is 0 Å². The Kier molecular flexibility index (Phi) is 3.53. The largest absolute Gasteiger partial charge is 0.368 e. The molecule has 0 aliphatic heterocycles. The third kappa shape index (κ3) is 2.77. The van der Waals surface area contributed by atoms with Gasteiger partial charge in [-0.15, -0.1) is 0 Å². The normalized spacial score (nSPS) is 12.4. The van der Waals surface area contributed by atoms with E-state index < -0.39 is 0 Å². The van der Waals surface area contributed by atoms with Crippen LogP contribution >= 0.6 is 0 Å². The number of anilines is 1. The lowest BCUT2D eigenvalue weighted by molar-refractivity contribution is -0.118. The van der Waals surface area contributed by atoms with Gasteiger partial charge in [0.15, 0.2) is 0 Å². The lowest BCUT2D eigenvalue weighted by atomic mass is 10.1. The molecule has 0 radical (unpaired) electrons. The first-order valence-corrected chi connectivity index (χ1v) is 4.38. The van der Waals surface area contributed by atoms with Gasteiger partial charge in [0, 0.05) is 18.3 Å². The van der Waals surface area contributed by atoms with Gasteiger partial charge in [0.1, 0.15) is 5.78 Å². The van der Waals surface area contributed by atoms with Crippen molar-refractivity contribution in [3.63, 3.8) is 0 Å². The summed E-state index contributed by atoms with van der Waals surface area (Å²) in [5, 5.41) is 2.92. The molecule has 1 aromatic heterocycles. The van der Waals surface area contributed by atoms with Crippen molar-refractivity contribution in [2.45, 2.75) is 19.4 Å². The van der Waals surface area contributed by atoms with Gasteiger partial charge in [0.2, 0.25) is 5.95 Å². The van der Waals surface area contributed by atoms with Gasteiger partial charge in [-0.05, 0) is 20.0 Å². The Hall–Kier alpha value is -1.49. The Morgan fingerprint density at radius 3 is 2.93 bits per heavy atom. The minimum absolute atomic E-state index is 0.0877. The Bertz CT molecular complexity index is 326. The number of Topliss-reactive ketones (excluding diaryl/α,β-unsaturated/α-hetero) is 1. The maximum Gasteiger partial charge on any atom is 0.220 e. The second kappa shape index (κ2) is 4.66. The molecule has 76 valence electrons. The molecule has 0 amide bonds. The summed E-state index contributed by atoms with van der Waals surface area (Å²) >= 11 is 0. The SMILES string of the molecule is CNC(Cc1ccnc(N)n1)C(C)=O. The van der Waals surface area contributed by atoms with Gasteiger partial charge < -0.3 is 11.1 Å². The number of nitrogen functional groups attached to an aromatic ring is 1. The lowest BCUT2D eigenvalue weighted by Gasteiger charge is -2.11. The Morgan fingerprint density at radius 1 is 1.71 bits per heavy atom. The van der Waals surface area contributed by atoms with Gasteiger partial charge in [-0.1, -0.05) is 0 Å². The summed E-state index contributed by atoms with van der Waals surface area (Å²) in [5.74, 6) is 0.325. The summed E-state index contributed by atoms with van der Waals surface area (Å²) in [6, 6.07) is 1.55. The molecule has 3 N–H and O–H groups in total. The average Bonchev–Trinajstić information content (AvgIpc) is 2.14. The summed E-state index contributed by atoms with van der Waals surface area (Å²) in [7, 11) is 1.75. The number of aromatic nitrogens is 2. The molecule has 0 aliphatic carbocycles. The summed E-state index contributed by atoms with van der Waals surface area (Å²) in [5.41, 5.74) is 6.19. The molecule has 0 bridgehead atoms. The number of nitrogens with two attached hydrogens (primary N) is 1. The van der Waals surface area contributed by atoms with Crippen molar-refractivity contribution in [1.29, 1.82) is 0 Å². The van der Waals surface area contributed by atoms with Crippen molar-refractivity contribution in [3.8, 4) is 0 Å². The second-order valence-corrected chi connectivity index (χ2v) is 3.06. The van der Waals surface area contributed by atoms with Crippen LogP contribution in [0.25, 0.3) is 0 Å². The Balaban J connectivity index is 2.72. The highest BCUT2D eigenvalue weighted by molar-refractivity contribution is 5.81. The minimum atomic E-state index is -0.204. The van der Waals surface area contributed by atoms with E-state index in [1.165, 1.54) is 0 Å². The number of carbonyl (C=O) groups is 1. The molecule has 1 rings (SSSR count). The zero-order valence-electron chi connectivity index (χ0n) is 8.32. The number of likely N-dealkylation sites (N-methyl/N-ethyl adjacent to an activating group) is 1. The van der Waals surface area contributed by atoms with Crippen LogP contribution in [0.15, 0.2) is 12.3 Å². The van der Waals surface area contributed by atoms with Crippen LogP contribution < -0.4 is 11.1 Å².